The van der Waals surface area contributed by atoms with Crippen LogP contribution >= 0.6 is 11.6 Å². The highest BCUT2D eigenvalue weighted by atomic mass is 35.5. The number of likely N-dealkylation sites (tertiary alicyclic amines) is 1. The molecule has 1 heterocycles. The molecule has 3 N–H and O–H groups in total. The maximum atomic E-state index is 12.3. The summed E-state index contributed by atoms with van der Waals surface area (Å²) in [4.78, 5) is 13.7. The molecule has 0 bridgehead atoms. The number of amides is 1. The zero-order valence-corrected chi connectivity index (χ0v) is 12.2. The Morgan fingerprint density at radius 3 is 2.75 bits per heavy atom. The summed E-state index contributed by atoms with van der Waals surface area (Å²) in [5.41, 5.74) is 0.101. The number of benzene rings is 1. The minimum atomic E-state index is -3.67. The first-order valence-corrected chi connectivity index (χ1v) is 8.07. The predicted molar refractivity (Wildman–Crippen MR) is 75.1 cm³/mol. The summed E-state index contributed by atoms with van der Waals surface area (Å²) in [5, 5.41) is 14.4. The molecule has 0 aliphatic carbocycles. The van der Waals surface area contributed by atoms with Gasteiger partial charge < -0.3 is 10.0 Å². The van der Waals surface area contributed by atoms with Gasteiger partial charge in [-0.1, -0.05) is 11.6 Å². The van der Waals surface area contributed by atoms with Crippen LogP contribution in [0, 0.1) is 0 Å². The minimum absolute atomic E-state index is 0.0414. The van der Waals surface area contributed by atoms with E-state index in [0.29, 0.717) is 24.4 Å². The van der Waals surface area contributed by atoms with E-state index in [9.17, 15) is 18.3 Å². The standard InChI is InChI=1S/C12H15ClN2O4S/c13-8-3-4-10(11(16)6-8)12(17)15-5-1-2-9(7-15)20(14,18)19/h3-4,6,9,16H,1-2,5,7H2,(H2,14,18,19). The molecule has 20 heavy (non-hydrogen) atoms. The Kier molecular flexibility index (Phi) is 4.22. The average Bonchev–Trinajstić information content (AvgIpc) is 2.37. The molecule has 1 saturated heterocycles. The van der Waals surface area contributed by atoms with Crippen LogP contribution in [-0.4, -0.2) is 42.7 Å². The fourth-order valence-electron chi connectivity index (χ4n) is 2.25. The van der Waals surface area contributed by atoms with Crippen LogP contribution in [-0.2, 0) is 10.0 Å². The Labute approximate surface area is 122 Å². The highest BCUT2D eigenvalue weighted by Gasteiger charge is 2.31. The van der Waals surface area contributed by atoms with Crippen molar-refractivity contribution in [2.75, 3.05) is 13.1 Å². The first-order valence-electron chi connectivity index (χ1n) is 6.08. The van der Waals surface area contributed by atoms with Crippen molar-refractivity contribution in [1.82, 2.24) is 4.90 Å². The number of aromatic hydroxyl groups is 1. The number of piperidine rings is 1. The van der Waals surface area contributed by atoms with Crippen molar-refractivity contribution >= 4 is 27.5 Å². The number of carbonyl (C=O) groups is 1. The van der Waals surface area contributed by atoms with Gasteiger partial charge >= 0.3 is 0 Å². The van der Waals surface area contributed by atoms with Gasteiger partial charge in [-0.05, 0) is 31.0 Å². The molecule has 1 unspecified atom stereocenters. The molecule has 0 spiro atoms. The topological polar surface area (TPSA) is 101 Å². The fourth-order valence-corrected chi connectivity index (χ4v) is 3.30. The van der Waals surface area contributed by atoms with Gasteiger partial charge in [0.25, 0.3) is 5.91 Å². The summed E-state index contributed by atoms with van der Waals surface area (Å²) in [7, 11) is -3.67. The third kappa shape index (κ3) is 3.23. The van der Waals surface area contributed by atoms with Gasteiger partial charge in [0.1, 0.15) is 5.75 Å². The molecular weight excluding hydrogens is 304 g/mol. The van der Waals surface area contributed by atoms with Crippen LogP contribution in [0.4, 0.5) is 0 Å². The number of phenolic OH excluding ortho intramolecular Hbond substituents is 1. The summed E-state index contributed by atoms with van der Waals surface area (Å²) in [6.07, 6.45) is 0.996. The molecule has 110 valence electrons. The van der Waals surface area contributed by atoms with Crippen LogP contribution in [0.2, 0.25) is 5.02 Å². The van der Waals surface area contributed by atoms with E-state index in [4.69, 9.17) is 16.7 Å². The van der Waals surface area contributed by atoms with E-state index in [1.165, 1.54) is 23.1 Å². The van der Waals surface area contributed by atoms with Crippen molar-refractivity contribution in [2.45, 2.75) is 18.1 Å². The van der Waals surface area contributed by atoms with Crippen LogP contribution < -0.4 is 5.14 Å². The number of nitrogens with zero attached hydrogens (tertiary/aromatic N) is 1. The Bertz CT molecular complexity index is 632. The van der Waals surface area contributed by atoms with E-state index in [1.54, 1.807) is 0 Å². The van der Waals surface area contributed by atoms with Crippen LogP contribution in [0.15, 0.2) is 18.2 Å². The lowest BCUT2D eigenvalue weighted by atomic mass is 10.1. The van der Waals surface area contributed by atoms with Gasteiger partial charge in [-0.3, -0.25) is 4.79 Å². The second kappa shape index (κ2) is 5.59. The zero-order valence-electron chi connectivity index (χ0n) is 10.6. The van der Waals surface area contributed by atoms with Crippen molar-refractivity contribution < 1.29 is 18.3 Å². The molecule has 1 amide bonds. The molecule has 1 aromatic rings. The van der Waals surface area contributed by atoms with Gasteiger partial charge in [0.15, 0.2) is 0 Å². The lowest BCUT2D eigenvalue weighted by Crippen LogP contribution is -2.47. The lowest BCUT2D eigenvalue weighted by Gasteiger charge is -2.31. The smallest absolute Gasteiger partial charge is 0.257 e. The second-order valence-electron chi connectivity index (χ2n) is 4.77. The van der Waals surface area contributed by atoms with Gasteiger partial charge in [-0.15, -0.1) is 0 Å². The average molecular weight is 319 g/mol. The van der Waals surface area contributed by atoms with Crippen LogP contribution in [0.1, 0.15) is 23.2 Å². The summed E-state index contributed by atoms with van der Waals surface area (Å²) >= 11 is 5.71. The number of halogens is 1. The third-order valence-electron chi connectivity index (χ3n) is 3.32. The van der Waals surface area contributed by atoms with Gasteiger partial charge in [-0.25, -0.2) is 13.6 Å². The number of phenols is 1. The molecule has 8 heteroatoms. The Morgan fingerprint density at radius 2 is 2.15 bits per heavy atom. The quantitative estimate of drug-likeness (QED) is 0.847. The molecule has 1 atom stereocenters. The molecule has 1 fully saturated rings. The monoisotopic (exact) mass is 318 g/mol. The zero-order chi connectivity index (χ0) is 14.9. The molecule has 0 aromatic heterocycles. The lowest BCUT2D eigenvalue weighted by molar-refractivity contribution is 0.0724. The van der Waals surface area contributed by atoms with Crippen LogP contribution in [0.3, 0.4) is 0 Å². The fraction of sp³-hybridized carbons (Fsp3) is 0.417. The summed E-state index contributed by atoms with van der Waals surface area (Å²) in [6.45, 7) is 0.479. The molecule has 0 radical (unpaired) electrons. The Balaban J connectivity index is 2.21. The Hall–Kier alpha value is -1.31. The number of hydrogen-bond acceptors (Lipinski definition) is 4. The molecule has 1 aromatic carbocycles. The Morgan fingerprint density at radius 1 is 1.45 bits per heavy atom. The second-order valence-corrected chi connectivity index (χ2v) is 7.05. The van der Waals surface area contributed by atoms with E-state index in [2.05, 4.69) is 0 Å². The molecule has 1 aliphatic rings. The number of primary sulfonamides is 1. The van der Waals surface area contributed by atoms with E-state index >= 15 is 0 Å². The van der Waals surface area contributed by atoms with Gasteiger partial charge in [0.05, 0.1) is 10.8 Å². The summed E-state index contributed by atoms with van der Waals surface area (Å²) in [6, 6.07) is 4.19. The first kappa shape index (κ1) is 15.1. The van der Waals surface area contributed by atoms with Crippen LogP contribution in [0.5, 0.6) is 5.75 Å². The van der Waals surface area contributed by atoms with Gasteiger partial charge in [-0.2, -0.15) is 0 Å². The van der Waals surface area contributed by atoms with E-state index in [0.717, 1.165) is 0 Å². The van der Waals surface area contributed by atoms with Crippen molar-refractivity contribution in [2.24, 2.45) is 5.14 Å². The maximum absolute atomic E-state index is 12.3. The molecule has 6 nitrogen and oxygen atoms in total. The highest BCUT2D eigenvalue weighted by Crippen LogP contribution is 2.25. The third-order valence-corrected chi connectivity index (χ3v) is 4.87. The van der Waals surface area contributed by atoms with Crippen molar-refractivity contribution in [3.8, 4) is 5.75 Å². The number of hydrogen-bond donors (Lipinski definition) is 2. The van der Waals surface area contributed by atoms with Crippen LogP contribution in [0.25, 0.3) is 0 Å². The summed E-state index contributed by atoms with van der Waals surface area (Å²) in [5.74, 6) is -0.646. The van der Waals surface area contributed by atoms with E-state index in [-0.39, 0.29) is 17.9 Å². The van der Waals surface area contributed by atoms with Crippen molar-refractivity contribution in [3.63, 3.8) is 0 Å². The SMILES string of the molecule is NS(=O)(=O)C1CCCN(C(=O)c2ccc(Cl)cc2O)C1. The highest BCUT2D eigenvalue weighted by molar-refractivity contribution is 7.89. The maximum Gasteiger partial charge on any atom is 0.257 e. The molecular formula is C12H15ClN2O4S. The molecule has 2 rings (SSSR count). The minimum Gasteiger partial charge on any atom is -0.507 e. The number of nitrogens with two attached hydrogens (primary N) is 1. The number of sulfonamides is 1. The number of rotatable bonds is 2. The van der Waals surface area contributed by atoms with Crippen molar-refractivity contribution in [3.05, 3.63) is 28.8 Å². The summed E-state index contributed by atoms with van der Waals surface area (Å²) < 4.78 is 22.8. The predicted octanol–water partition coefficient (Wildman–Crippen LogP) is 0.939. The van der Waals surface area contributed by atoms with Crippen molar-refractivity contribution in [1.29, 1.82) is 0 Å². The van der Waals surface area contributed by atoms with Gasteiger partial charge in [0.2, 0.25) is 10.0 Å². The first-order chi connectivity index (χ1) is 9.29. The molecule has 0 saturated carbocycles. The van der Waals surface area contributed by atoms with E-state index < -0.39 is 21.2 Å². The van der Waals surface area contributed by atoms with E-state index in [1.807, 2.05) is 0 Å². The largest absolute Gasteiger partial charge is 0.507 e. The number of carbonyl (C=O) groups excluding carboxylic acids is 1. The van der Waals surface area contributed by atoms with Gasteiger partial charge in [0, 0.05) is 18.1 Å². The normalized spacial score (nSPS) is 19.9. The molecule has 1 aliphatic heterocycles.